The van der Waals surface area contributed by atoms with E-state index in [1.165, 1.54) is 6.92 Å². The highest BCUT2D eigenvalue weighted by atomic mass is 31.3. The van der Waals surface area contributed by atoms with Crippen LogP contribution in [-0.2, 0) is 32.0 Å². The van der Waals surface area contributed by atoms with Gasteiger partial charge in [-0.25, -0.2) is 9.11 Å². The van der Waals surface area contributed by atoms with E-state index in [0.717, 1.165) is 16.8 Å². The zero-order valence-corrected chi connectivity index (χ0v) is 19.1. The molecule has 0 aromatic carbocycles. The van der Waals surface area contributed by atoms with Crippen LogP contribution < -0.4 is 21.0 Å². The van der Waals surface area contributed by atoms with E-state index in [1.807, 2.05) is 4.98 Å². The second-order valence-electron chi connectivity index (χ2n) is 7.51. The lowest BCUT2D eigenvalue weighted by Crippen LogP contribution is -2.47. The van der Waals surface area contributed by atoms with Gasteiger partial charge in [0.2, 0.25) is 0 Å². The van der Waals surface area contributed by atoms with Gasteiger partial charge in [0.25, 0.3) is 21.2 Å². The number of nitrogens with zero attached hydrogens (tertiary/aromatic N) is 1. The van der Waals surface area contributed by atoms with Crippen molar-refractivity contribution in [2.24, 2.45) is 0 Å². The molecule has 2 aliphatic rings. The van der Waals surface area contributed by atoms with Crippen LogP contribution in [0, 0.1) is 0 Å². The largest absolute Gasteiger partial charge is 0.756 e. The first kappa shape index (κ1) is 27.3. The fraction of sp³-hybridized carbons (Fsp3) is 0.733. The molecule has 0 saturated carbocycles. The zero-order valence-electron chi connectivity index (χ0n) is 17.3. The van der Waals surface area contributed by atoms with Crippen LogP contribution in [0.3, 0.4) is 0 Å². The van der Waals surface area contributed by atoms with Gasteiger partial charge in [0, 0.05) is 18.7 Å². The summed E-state index contributed by atoms with van der Waals surface area (Å²) in [7, 11) is -11.3. The van der Waals surface area contributed by atoms with Crippen LogP contribution in [0.25, 0.3) is 0 Å². The lowest BCUT2D eigenvalue weighted by Gasteiger charge is -2.38. The van der Waals surface area contributed by atoms with E-state index in [2.05, 4.69) is 13.4 Å². The fourth-order valence-electron chi connectivity index (χ4n) is 3.29. The first-order chi connectivity index (χ1) is 15.7. The van der Waals surface area contributed by atoms with Crippen LogP contribution in [-0.4, -0.2) is 79.5 Å². The second-order valence-corrected chi connectivity index (χ2v) is 10.4. The number of aliphatic hydroxyl groups is 4. The number of rotatable bonds is 8. The third-order valence-electron chi connectivity index (χ3n) is 4.98. The number of aromatic amines is 1. The summed E-state index contributed by atoms with van der Waals surface area (Å²) in [6.07, 6.45) is -11.5. The van der Waals surface area contributed by atoms with Crippen molar-refractivity contribution in [3.63, 3.8) is 0 Å². The predicted molar refractivity (Wildman–Crippen MR) is 102 cm³/mol. The van der Waals surface area contributed by atoms with Crippen molar-refractivity contribution < 1.29 is 62.2 Å². The van der Waals surface area contributed by atoms with Crippen molar-refractivity contribution in [2.45, 2.75) is 62.5 Å². The van der Waals surface area contributed by atoms with Gasteiger partial charge in [-0.3, -0.25) is 28.0 Å². The number of phosphoric ester groups is 2. The molecular weight excluding hydrogens is 510 g/mol. The minimum atomic E-state index is -5.64. The molecule has 0 aliphatic carbocycles. The van der Waals surface area contributed by atoms with Crippen LogP contribution in [0.15, 0.2) is 21.9 Å². The molecule has 0 amide bonds. The summed E-state index contributed by atoms with van der Waals surface area (Å²) < 4.78 is 47.7. The number of hydrogen-bond donors (Lipinski definition) is 5. The van der Waals surface area contributed by atoms with Gasteiger partial charge in [0.1, 0.15) is 24.4 Å². The van der Waals surface area contributed by atoms with Crippen molar-refractivity contribution in [1.82, 2.24) is 9.55 Å². The van der Waals surface area contributed by atoms with E-state index in [4.69, 9.17) is 9.47 Å². The molecule has 194 valence electrons. The fourth-order valence-corrected chi connectivity index (χ4v) is 5.37. The first-order valence-corrected chi connectivity index (χ1v) is 12.6. The van der Waals surface area contributed by atoms with Gasteiger partial charge in [-0.05, 0) is 6.92 Å². The number of phosphoric acid groups is 2. The number of hydrogen-bond acceptors (Lipinski definition) is 15. The molecule has 19 heteroatoms. The summed E-state index contributed by atoms with van der Waals surface area (Å²) in [4.78, 5) is 48.8. The van der Waals surface area contributed by atoms with Gasteiger partial charge in [-0.1, -0.05) is 0 Å². The Morgan fingerprint density at radius 3 is 2.41 bits per heavy atom. The summed E-state index contributed by atoms with van der Waals surface area (Å²) in [5.41, 5.74) is -1.72. The van der Waals surface area contributed by atoms with Crippen molar-refractivity contribution >= 4 is 15.6 Å². The maximum atomic E-state index is 12.0. The van der Waals surface area contributed by atoms with Gasteiger partial charge in [-0.15, -0.1) is 0 Å². The van der Waals surface area contributed by atoms with Gasteiger partial charge >= 0.3 is 5.69 Å². The number of nitrogens with one attached hydrogen (secondary N) is 1. The lowest BCUT2D eigenvalue weighted by molar-refractivity contribution is -0.273. The molecule has 0 radical (unpaired) electrons. The molecule has 1 aromatic heterocycles. The maximum absolute atomic E-state index is 12.0. The summed E-state index contributed by atoms with van der Waals surface area (Å²) in [6, 6.07) is 0.940. The third kappa shape index (κ3) is 6.47. The van der Waals surface area contributed by atoms with Gasteiger partial charge in [0.15, 0.2) is 12.5 Å². The van der Waals surface area contributed by atoms with E-state index in [1.54, 1.807) is 0 Å². The quantitative estimate of drug-likeness (QED) is 0.200. The van der Waals surface area contributed by atoms with Crippen LogP contribution >= 0.6 is 15.6 Å². The Bertz CT molecular complexity index is 1060. The Labute approximate surface area is 190 Å². The topological polar surface area (TPSA) is 262 Å². The molecule has 2 aliphatic heterocycles. The normalized spacial score (nSPS) is 37.7. The smallest absolute Gasteiger partial charge is 0.330 e. The molecular formula is C15H22N2O15P2-2. The summed E-state index contributed by atoms with van der Waals surface area (Å²) in [5.74, 6) is 0. The Morgan fingerprint density at radius 2 is 1.79 bits per heavy atom. The predicted octanol–water partition coefficient (Wildman–Crippen LogP) is -4.00. The molecule has 17 nitrogen and oxygen atoms in total. The summed E-state index contributed by atoms with van der Waals surface area (Å²) in [5, 5.41) is 39.4. The molecule has 3 heterocycles. The molecule has 2 fully saturated rings. The molecule has 3 rings (SSSR count). The lowest BCUT2D eigenvalue weighted by atomic mass is 10.0. The van der Waals surface area contributed by atoms with Crippen molar-refractivity contribution in [3.05, 3.63) is 33.1 Å². The highest BCUT2D eigenvalue weighted by Gasteiger charge is 2.45. The SMILES string of the molecule is C[C@H]1O[C@H](OP(=O)([O-])OP(=O)([O-])OC[C@H]2O[C@@H](n3ccc(=O)[nH]c3=O)[C@H](O)[C@@H]2O)C[C@H](O)[C@@H]1O. The molecule has 2 saturated heterocycles. The molecule has 5 N–H and O–H groups in total. The van der Waals surface area contributed by atoms with Crippen LogP contribution in [0.1, 0.15) is 19.6 Å². The summed E-state index contributed by atoms with van der Waals surface area (Å²) in [6.45, 7) is 0.285. The molecule has 0 spiro atoms. The van der Waals surface area contributed by atoms with Crippen molar-refractivity contribution in [1.29, 1.82) is 0 Å². The Morgan fingerprint density at radius 1 is 1.12 bits per heavy atom. The van der Waals surface area contributed by atoms with Gasteiger partial charge in [-0.2, -0.15) is 0 Å². The van der Waals surface area contributed by atoms with Crippen molar-refractivity contribution in [3.8, 4) is 0 Å². The molecule has 34 heavy (non-hydrogen) atoms. The third-order valence-corrected chi connectivity index (χ3v) is 7.54. The molecule has 1 aromatic rings. The monoisotopic (exact) mass is 532 g/mol. The van der Waals surface area contributed by atoms with Gasteiger partial charge < -0.3 is 44.2 Å². The van der Waals surface area contributed by atoms with Crippen LogP contribution in [0.4, 0.5) is 0 Å². The number of H-pyrrole nitrogens is 1. The van der Waals surface area contributed by atoms with Gasteiger partial charge in [0.05, 0.1) is 18.8 Å². The average molecular weight is 532 g/mol. The van der Waals surface area contributed by atoms with Crippen LogP contribution in [0.5, 0.6) is 0 Å². The van der Waals surface area contributed by atoms with Crippen molar-refractivity contribution in [2.75, 3.05) is 6.61 Å². The maximum Gasteiger partial charge on any atom is 0.330 e. The molecule has 0 bridgehead atoms. The molecule has 2 unspecified atom stereocenters. The Hall–Kier alpha value is -1.30. The number of aromatic nitrogens is 2. The minimum absolute atomic E-state index is 0.503. The van der Waals surface area contributed by atoms with Crippen LogP contribution in [0.2, 0.25) is 0 Å². The Balaban J connectivity index is 1.58. The average Bonchev–Trinajstić information content (AvgIpc) is 2.98. The van der Waals surface area contributed by atoms with E-state index in [0.29, 0.717) is 0 Å². The number of ether oxygens (including phenoxy) is 2. The van der Waals surface area contributed by atoms with E-state index in [9.17, 15) is 48.9 Å². The van der Waals surface area contributed by atoms with E-state index >= 15 is 0 Å². The summed E-state index contributed by atoms with van der Waals surface area (Å²) >= 11 is 0. The standard InChI is InChI=1S/C15H24N2O15P2/c1-6-11(20)7(18)4-10(29-6)31-34(26,27)32-33(24,25)28-5-8-12(21)13(22)14(30-8)17-3-2-9(19)16-15(17)23/h2-3,6-8,10-14,18,20-22H,4-5H2,1H3,(H,24,25)(H,26,27)(H,16,19,23)/p-2/t6-,7+,8-,10-,11-,12-,13-,14-/m1/s1. The van der Waals surface area contributed by atoms with E-state index < -0.39 is 89.1 Å². The zero-order chi connectivity index (χ0) is 25.4. The minimum Gasteiger partial charge on any atom is -0.756 e. The second kappa shape index (κ2) is 10.4. The number of aliphatic hydroxyl groups excluding tert-OH is 4. The van der Waals surface area contributed by atoms with E-state index in [-0.39, 0.29) is 0 Å². The Kier molecular flexibility index (Phi) is 8.32. The first-order valence-electron chi connectivity index (χ1n) is 9.70. The highest BCUT2D eigenvalue weighted by molar-refractivity contribution is 7.59. The highest BCUT2D eigenvalue weighted by Crippen LogP contribution is 2.57. The molecule has 10 atom stereocenters.